The van der Waals surface area contributed by atoms with Crippen molar-refractivity contribution >= 4 is 16.5 Å². The largest absolute Gasteiger partial charge is 0.375 e. The molecule has 1 atom stereocenters. The highest BCUT2D eigenvalue weighted by molar-refractivity contribution is 7.15. The molecular weight excluding hydrogens is 216 g/mol. The normalized spacial score (nSPS) is 19.4. The number of thiazole rings is 1. The molecule has 1 aliphatic carbocycles. The van der Waals surface area contributed by atoms with Gasteiger partial charge in [0.25, 0.3) is 0 Å². The van der Waals surface area contributed by atoms with Crippen molar-refractivity contribution in [2.75, 3.05) is 5.73 Å². The molecule has 82 valence electrons. The first-order valence-electron chi connectivity index (χ1n) is 5.64. The molecule has 1 aliphatic rings. The highest BCUT2D eigenvalue weighted by Crippen LogP contribution is 2.40. The van der Waals surface area contributed by atoms with E-state index in [-0.39, 0.29) is 0 Å². The molecule has 0 amide bonds. The Kier molecular flexibility index (Phi) is 2.40. The average Bonchev–Trinajstić information content (AvgIpc) is 2.70. The maximum atomic E-state index is 5.81. The van der Waals surface area contributed by atoms with Gasteiger partial charge >= 0.3 is 0 Å². The van der Waals surface area contributed by atoms with Crippen LogP contribution < -0.4 is 5.73 Å². The van der Waals surface area contributed by atoms with E-state index in [1.165, 1.54) is 29.0 Å². The van der Waals surface area contributed by atoms with Gasteiger partial charge in [0.2, 0.25) is 0 Å². The van der Waals surface area contributed by atoms with E-state index in [2.05, 4.69) is 35.3 Å². The van der Waals surface area contributed by atoms with Crippen LogP contribution in [0.25, 0.3) is 0 Å². The lowest BCUT2D eigenvalue weighted by Gasteiger charge is -2.21. The molecule has 2 N–H and O–H groups in total. The molecule has 3 heteroatoms. The molecule has 1 heterocycles. The average molecular weight is 230 g/mol. The van der Waals surface area contributed by atoms with Crippen LogP contribution in [0.3, 0.4) is 0 Å². The second kappa shape index (κ2) is 3.91. The van der Waals surface area contributed by atoms with Gasteiger partial charge in [-0.15, -0.1) is 11.3 Å². The van der Waals surface area contributed by atoms with Crippen molar-refractivity contribution < 1.29 is 0 Å². The minimum absolute atomic E-state index is 0.514. The summed E-state index contributed by atoms with van der Waals surface area (Å²) in [5.74, 6) is 0.514. The van der Waals surface area contributed by atoms with E-state index in [9.17, 15) is 0 Å². The van der Waals surface area contributed by atoms with Gasteiger partial charge < -0.3 is 5.73 Å². The molecule has 16 heavy (non-hydrogen) atoms. The zero-order chi connectivity index (χ0) is 11.0. The number of aryl methyl sites for hydroxylation is 1. The van der Waals surface area contributed by atoms with E-state index in [4.69, 9.17) is 5.73 Å². The third kappa shape index (κ3) is 1.61. The number of anilines is 1. The molecule has 3 rings (SSSR count). The summed E-state index contributed by atoms with van der Waals surface area (Å²) in [6.07, 6.45) is 3.53. The number of benzene rings is 1. The van der Waals surface area contributed by atoms with Crippen LogP contribution in [0, 0.1) is 0 Å². The molecule has 0 fully saturated rings. The van der Waals surface area contributed by atoms with Crippen molar-refractivity contribution in [3.8, 4) is 0 Å². The first-order chi connectivity index (χ1) is 7.84. The van der Waals surface area contributed by atoms with Gasteiger partial charge in [-0.25, -0.2) is 4.98 Å². The summed E-state index contributed by atoms with van der Waals surface area (Å²) in [6, 6.07) is 10.7. The Labute approximate surface area is 99.1 Å². The Morgan fingerprint density at radius 3 is 2.88 bits per heavy atom. The Bertz CT molecular complexity index is 490. The summed E-state index contributed by atoms with van der Waals surface area (Å²) in [5.41, 5.74) is 8.43. The van der Waals surface area contributed by atoms with Crippen LogP contribution in [-0.2, 0) is 6.42 Å². The van der Waals surface area contributed by atoms with Gasteiger partial charge in [0.05, 0.1) is 5.69 Å². The maximum Gasteiger partial charge on any atom is 0.180 e. The van der Waals surface area contributed by atoms with Crippen molar-refractivity contribution in [1.29, 1.82) is 0 Å². The standard InChI is InChI=1S/C13H14N2S/c14-13-15-11-8-4-7-10(12(11)16-13)9-5-2-1-3-6-9/h1-3,5-6,10H,4,7-8H2,(H2,14,15)/t10-/m0/s1. The summed E-state index contributed by atoms with van der Waals surface area (Å²) < 4.78 is 0. The van der Waals surface area contributed by atoms with Gasteiger partial charge in [0.1, 0.15) is 0 Å². The zero-order valence-corrected chi connectivity index (χ0v) is 9.83. The predicted molar refractivity (Wildman–Crippen MR) is 67.7 cm³/mol. The zero-order valence-electron chi connectivity index (χ0n) is 9.02. The first kappa shape index (κ1) is 9.85. The number of nitrogens with zero attached hydrogens (tertiary/aromatic N) is 1. The second-order valence-electron chi connectivity index (χ2n) is 4.22. The molecular formula is C13H14N2S. The summed E-state index contributed by atoms with van der Waals surface area (Å²) in [7, 11) is 0. The Balaban J connectivity index is 2.05. The molecule has 1 aromatic heterocycles. The van der Waals surface area contributed by atoms with Crippen LogP contribution >= 0.6 is 11.3 Å². The number of hydrogen-bond donors (Lipinski definition) is 1. The number of fused-ring (bicyclic) bond motifs is 1. The molecule has 0 radical (unpaired) electrons. The van der Waals surface area contributed by atoms with Gasteiger partial charge in [-0.2, -0.15) is 0 Å². The van der Waals surface area contributed by atoms with Gasteiger partial charge in [-0.3, -0.25) is 0 Å². The molecule has 0 saturated carbocycles. The maximum absolute atomic E-state index is 5.81. The third-order valence-electron chi connectivity index (χ3n) is 3.17. The molecule has 0 aliphatic heterocycles. The summed E-state index contributed by atoms with van der Waals surface area (Å²) in [5, 5.41) is 0.716. The quantitative estimate of drug-likeness (QED) is 0.817. The van der Waals surface area contributed by atoms with E-state index in [1.54, 1.807) is 11.3 Å². The molecule has 0 spiro atoms. The van der Waals surface area contributed by atoms with Crippen LogP contribution in [0.15, 0.2) is 30.3 Å². The number of rotatable bonds is 1. The molecule has 0 bridgehead atoms. The Morgan fingerprint density at radius 2 is 2.06 bits per heavy atom. The second-order valence-corrected chi connectivity index (χ2v) is 5.28. The van der Waals surface area contributed by atoms with E-state index in [0.29, 0.717) is 11.0 Å². The van der Waals surface area contributed by atoms with Crippen molar-refractivity contribution in [3.05, 3.63) is 46.5 Å². The van der Waals surface area contributed by atoms with Gasteiger partial charge in [-0.05, 0) is 24.8 Å². The van der Waals surface area contributed by atoms with Crippen molar-refractivity contribution in [1.82, 2.24) is 4.98 Å². The van der Waals surface area contributed by atoms with Crippen LogP contribution in [0.2, 0.25) is 0 Å². The fourth-order valence-corrected chi connectivity index (χ4v) is 3.48. The molecule has 2 nitrogen and oxygen atoms in total. The van der Waals surface area contributed by atoms with Crippen LogP contribution in [-0.4, -0.2) is 4.98 Å². The van der Waals surface area contributed by atoms with Crippen LogP contribution in [0.1, 0.15) is 34.9 Å². The third-order valence-corrected chi connectivity index (χ3v) is 4.21. The minimum atomic E-state index is 0.514. The summed E-state index contributed by atoms with van der Waals surface area (Å²) in [6.45, 7) is 0. The van der Waals surface area contributed by atoms with Gasteiger partial charge in [0, 0.05) is 10.8 Å². The van der Waals surface area contributed by atoms with Crippen LogP contribution in [0.5, 0.6) is 0 Å². The highest BCUT2D eigenvalue weighted by Gasteiger charge is 2.25. The van der Waals surface area contributed by atoms with E-state index < -0.39 is 0 Å². The van der Waals surface area contributed by atoms with Crippen molar-refractivity contribution in [3.63, 3.8) is 0 Å². The number of hydrogen-bond acceptors (Lipinski definition) is 3. The molecule has 0 saturated heterocycles. The topological polar surface area (TPSA) is 38.9 Å². The van der Waals surface area contributed by atoms with E-state index >= 15 is 0 Å². The number of nitrogens with two attached hydrogens (primary N) is 1. The molecule has 1 aromatic carbocycles. The number of nitrogen functional groups attached to an aromatic ring is 1. The van der Waals surface area contributed by atoms with Crippen molar-refractivity contribution in [2.24, 2.45) is 0 Å². The monoisotopic (exact) mass is 230 g/mol. The number of aromatic nitrogens is 1. The Hall–Kier alpha value is -1.35. The smallest absolute Gasteiger partial charge is 0.180 e. The predicted octanol–water partition coefficient (Wildman–Crippen LogP) is 3.19. The fraction of sp³-hybridized carbons (Fsp3) is 0.308. The fourth-order valence-electron chi connectivity index (χ4n) is 2.44. The summed E-state index contributed by atoms with van der Waals surface area (Å²) in [4.78, 5) is 5.81. The lowest BCUT2D eigenvalue weighted by molar-refractivity contribution is 0.617. The lowest BCUT2D eigenvalue weighted by Crippen LogP contribution is -2.08. The lowest BCUT2D eigenvalue weighted by atomic mass is 9.86. The molecule has 0 unspecified atom stereocenters. The summed E-state index contributed by atoms with van der Waals surface area (Å²) >= 11 is 1.66. The SMILES string of the molecule is Nc1nc2c(s1)[C@H](c1ccccc1)CCC2. The highest BCUT2D eigenvalue weighted by atomic mass is 32.1. The van der Waals surface area contributed by atoms with Crippen molar-refractivity contribution in [2.45, 2.75) is 25.2 Å². The van der Waals surface area contributed by atoms with E-state index in [0.717, 1.165) is 6.42 Å². The molecule has 2 aromatic rings. The van der Waals surface area contributed by atoms with E-state index in [1.807, 2.05) is 0 Å². The Morgan fingerprint density at radius 1 is 1.25 bits per heavy atom. The first-order valence-corrected chi connectivity index (χ1v) is 6.46. The van der Waals surface area contributed by atoms with Crippen LogP contribution in [0.4, 0.5) is 5.13 Å². The minimum Gasteiger partial charge on any atom is -0.375 e. The van der Waals surface area contributed by atoms with Gasteiger partial charge in [-0.1, -0.05) is 30.3 Å². The van der Waals surface area contributed by atoms with Gasteiger partial charge in [0.15, 0.2) is 5.13 Å².